The summed E-state index contributed by atoms with van der Waals surface area (Å²) in [5.41, 5.74) is 0.796. The van der Waals surface area contributed by atoms with Gasteiger partial charge >= 0.3 is 0 Å². The van der Waals surface area contributed by atoms with Gasteiger partial charge in [-0.1, -0.05) is 60.4 Å². The number of thiocarbonyl (C=S) groups is 1. The first-order chi connectivity index (χ1) is 12.0. The molecule has 2 amide bonds. The average Bonchev–Trinajstić information content (AvgIpc) is 2.86. The number of nitrogens with zero attached hydrogens (tertiary/aromatic N) is 2. The predicted molar refractivity (Wildman–Crippen MR) is 108 cm³/mol. The van der Waals surface area contributed by atoms with Crippen LogP contribution >= 0.6 is 24.0 Å². The summed E-state index contributed by atoms with van der Waals surface area (Å²) in [5, 5.41) is 0. The normalized spacial score (nSPS) is 16.4. The van der Waals surface area contributed by atoms with Crippen molar-refractivity contribution in [2.24, 2.45) is 0 Å². The molecule has 1 saturated heterocycles. The molecule has 0 spiro atoms. The van der Waals surface area contributed by atoms with Crippen molar-refractivity contribution in [2.75, 3.05) is 11.4 Å². The minimum absolute atomic E-state index is 0.0823. The molecule has 1 heterocycles. The lowest BCUT2D eigenvalue weighted by molar-refractivity contribution is -0.121. The van der Waals surface area contributed by atoms with Crippen LogP contribution in [0.5, 0.6) is 0 Å². The molecule has 0 unspecified atom stereocenters. The molecule has 1 aromatic rings. The Labute approximate surface area is 157 Å². The first kappa shape index (κ1) is 18.9. The van der Waals surface area contributed by atoms with Gasteiger partial charge in [0.1, 0.15) is 4.32 Å². The van der Waals surface area contributed by atoms with E-state index in [1.165, 1.54) is 23.6 Å². The summed E-state index contributed by atoms with van der Waals surface area (Å²) < 4.78 is 0.534. The Morgan fingerprint density at radius 1 is 1.28 bits per heavy atom. The van der Waals surface area contributed by atoms with Gasteiger partial charge in [0, 0.05) is 25.4 Å². The molecule has 2 rings (SSSR count). The van der Waals surface area contributed by atoms with E-state index < -0.39 is 0 Å². The molecule has 1 aliphatic rings. The maximum atomic E-state index is 12.1. The summed E-state index contributed by atoms with van der Waals surface area (Å²) >= 11 is 6.45. The smallest absolute Gasteiger partial charge is 0.266 e. The lowest BCUT2D eigenvalue weighted by atomic mass is 10.3. The van der Waals surface area contributed by atoms with Crippen LogP contribution in [0.2, 0.25) is 0 Å². The van der Waals surface area contributed by atoms with Crippen molar-refractivity contribution in [3.8, 4) is 0 Å². The SMILES string of the molecule is C=CCN1C(=O)C(=CC=CC=CN(C(C)=O)c2ccccc2)SC1=S. The third kappa shape index (κ3) is 5.01. The molecule has 0 saturated carbocycles. The standard InChI is InChI=1S/C19H18N2O2S2/c1-3-13-21-18(23)17(25-19(21)24)12-8-5-9-14-20(15(2)22)16-10-6-4-7-11-16/h3-12,14H,1,13H2,2H3. The number of anilines is 1. The zero-order chi connectivity index (χ0) is 18.2. The molecule has 6 heteroatoms. The molecule has 1 aliphatic heterocycles. The van der Waals surface area contributed by atoms with E-state index in [1.54, 1.807) is 41.5 Å². The monoisotopic (exact) mass is 370 g/mol. The first-order valence-corrected chi connectivity index (χ1v) is 8.81. The fourth-order valence-corrected chi connectivity index (χ4v) is 3.33. The minimum atomic E-state index is -0.113. The molecule has 0 aromatic heterocycles. The number of carbonyl (C=O) groups is 2. The van der Waals surface area contributed by atoms with Crippen molar-refractivity contribution in [2.45, 2.75) is 6.92 Å². The van der Waals surface area contributed by atoms with E-state index in [9.17, 15) is 9.59 Å². The lowest BCUT2D eigenvalue weighted by Gasteiger charge is -2.15. The van der Waals surface area contributed by atoms with Crippen LogP contribution in [0, 0.1) is 0 Å². The minimum Gasteiger partial charge on any atom is -0.289 e. The summed E-state index contributed by atoms with van der Waals surface area (Å²) in [6.07, 6.45) is 10.3. The average molecular weight is 370 g/mol. The molecule has 1 fully saturated rings. The van der Waals surface area contributed by atoms with Crippen LogP contribution in [0.1, 0.15) is 6.92 Å². The Morgan fingerprint density at radius 2 is 2.00 bits per heavy atom. The van der Waals surface area contributed by atoms with Gasteiger partial charge in [0.25, 0.3) is 5.91 Å². The van der Waals surface area contributed by atoms with Crippen LogP contribution in [0.25, 0.3) is 0 Å². The van der Waals surface area contributed by atoms with E-state index in [-0.39, 0.29) is 11.8 Å². The molecular formula is C19H18N2O2S2. The third-order valence-corrected chi connectivity index (χ3v) is 4.66. The van der Waals surface area contributed by atoms with Gasteiger partial charge in [-0.05, 0) is 24.3 Å². The quantitative estimate of drug-likeness (QED) is 0.328. The van der Waals surface area contributed by atoms with E-state index in [2.05, 4.69) is 6.58 Å². The first-order valence-electron chi connectivity index (χ1n) is 7.59. The van der Waals surface area contributed by atoms with Crippen molar-refractivity contribution in [1.29, 1.82) is 0 Å². The third-order valence-electron chi connectivity index (χ3n) is 3.26. The Bertz CT molecular complexity index is 767. The molecule has 0 aliphatic carbocycles. The summed E-state index contributed by atoms with van der Waals surface area (Å²) in [7, 11) is 0. The molecule has 25 heavy (non-hydrogen) atoms. The van der Waals surface area contributed by atoms with Crippen LogP contribution in [0.4, 0.5) is 5.69 Å². The van der Waals surface area contributed by atoms with E-state index in [0.29, 0.717) is 15.8 Å². The molecule has 4 nitrogen and oxygen atoms in total. The zero-order valence-corrected chi connectivity index (χ0v) is 15.4. The van der Waals surface area contributed by atoms with Gasteiger partial charge in [0.15, 0.2) is 0 Å². The Morgan fingerprint density at radius 3 is 2.64 bits per heavy atom. The van der Waals surface area contributed by atoms with Crippen LogP contribution < -0.4 is 4.90 Å². The topological polar surface area (TPSA) is 40.6 Å². The van der Waals surface area contributed by atoms with Gasteiger partial charge < -0.3 is 0 Å². The lowest BCUT2D eigenvalue weighted by Crippen LogP contribution is -2.27. The number of hydrogen-bond acceptors (Lipinski definition) is 4. The van der Waals surface area contributed by atoms with Crippen molar-refractivity contribution in [3.63, 3.8) is 0 Å². The number of benzene rings is 1. The van der Waals surface area contributed by atoms with Crippen molar-refractivity contribution < 1.29 is 9.59 Å². The van der Waals surface area contributed by atoms with Gasteiger partial charge in [-0.3, -0.25) is 19.4 Å². The number of amides is 2. The predicted octanol–water partition coefficient (Wildman–Crippen LogP) is 4.04. The maximum absolute atomic E-state index is 12.1. The largest absolute Gasteiger partial charge is 0.289 e. The summed E-state index contributed by atoms with van der Waals surface area (Å²) in [6.45, 7) is 5.54. The van der Waals surface area contributed by atoms with Gasteiger partial charge in [-0.2, -0.15) is 0 Å². The second kappa shape index (κ2) is 9.15. The number of hydrogen-bond donors (Lipinski definition) is 0. The highest BCUT2D eigenvalue weighted by Gasteiger charge is 2.30. The highest BCUT2D eigenvalue weighted by Crippen LogP contribution is 2.30. The van der Waals surface area contributed by atoms with E-state index in [0.717, 1.165) is 5.69 Å². The Hall–Kier alpha value is -2.44. The summed E-state index contributed by atoms with van der Waals surface area (Å²) in [6, 6.07) is 9.37. The number of thioether (sulfide) groups is 1. The number of rotatable bonds is 6. The molecule has 0 atom stereocenters. The maximum Gasteiger partial charge on any atom is 0.266 e. The van der Waals surface area contributed by atoms with Gasteiger partial charge in [0.05, 0.1) is 4.91 Å². The molecule has 0 N–H and O–H groups in total. The molecular weight excluding hydrogens is 352 g/mol. The summed E-state index contributed by atoms with van der Waals surface area (Å²) in [5.74, 6) is -0.195. The van der Waals surface area contributed by atoms with Crippen LogP contribution in [0.15, 0.2) is 78.4 Å². The highest BCUT2D eigenvalue weighted by atomic mass is 32.2. The van der Waals surface area contributed by atoms with Gasteiger partial charge in [-0.25, -0.2) is 0 Å². The van der Waals surface area contributed by atoms with Gasteiger partial charge in [0.2, 0.25) is 5.91 Å². The molecule has 0 bridgehead atoms. The second-order valence-corrected chi connectivity index (χ2v) is 6.73. The van der Waals surface area contributed by atoms with Crippen molar-refractivity contribution in [1.82, 2.24) is 4.90 Å². The number of allylic oxidation sites excluding steroid dienone is 4. The van der Waals surface area contributed by atoms with Crippen LogP contribution in [-0.2, 0) is 9.59 Å². The second-order valence-electron chi connectivity index (χ2n) is 5.05. The summed E-state index contributed by atoms with van der Waals surface area (Å²) in [4.78, 5) is 27.5. The number of carbonyl (C=O) groups excluding carboxylic acids is 2. The fraction of sp³-hybridized carbons (Fsp3) is 0.105. The van der Waals surface area contributed by atoms with E-state index >= 15 is 0 Å². The molecule has 0 radical (unpaired) electrons. The molecule has 1 aromatic carbocycles. The van der Waals surface area contributed by atoms with E-state index in [1.807, 2.05) is 30.3 Å². The zero-order valence-electron chi connectivity index (χ0n) is 13.8. The molecule has 128 valence electrons. The Balaban J connectivity index is 2.03. The fourth-order valence-electron chi connectivity index (χ4n) is 2.10. The van der Waals surface area contributed by atoms with E-state index in [4.69, 9.17) is 12.2 Å². The van der Waals surface area contributed by atoms with Crippen molar-refractivity contribution >= 4 is 45.8 Å². The van der Waals surface area contributed by atoms with Crippen LogP contribution in [0.3, 0.4) is 0 Å². The van der Waals surface area contributed by atoms with Gasteiger partial charge in [-0.15, -0.1) is 6.58 Å². The van der Waals surface area contributed by atoms with Crippen molar-refractivity contribution in [3.05, 3.63) is 78.4 Å². The van der Waals surface area contributed by atoms with Crippen LogP contribution in [-0.4, -0.2) is 27.6 Å². The number of para-hydroxylation sites is 1. The Kier molecular flexibility index (Phi) is 6.91. The highest BCUT2D eigenvalue weighted by molar-refractivity contribution is 8.26.